The first-order valence-corrected chi connectivity index (χ1v) is 5.39. The summed E-state index contributed by atoms with van der Waals surface area (Å²) in [6.45, 7) is 0.739. The Kier molecular flexibility index (Phi) is 2.07. The molecular weight excluding hydrogens is 194 g/mol. The number of para-hydroxylation sites is 1. The number of rotatable bonds is 0. The molecule has 1 atom stereocenters. The quantitative estimate of drug-likeness (QED) is 0.695. The first-order valence-electron chi connectivity index (χ1n) is 3.70. The highest BCUT2D eigenvalue weighted by Gasteiger charge is 2.16. The van der Waals surface area contributed by atoms with E-state index in [1.165, 1.54) is 0 Å². The molecule has 1 N–H and O–H groups in total. The molecule has 0 saturated carbocycles. The summed E-state index contributed by atoms with van der Waals surface area (Å²) in [5.74, 6) is 0.674. The van der Waals surface area contributed by atoms with Crippen molar-refractivity contribution in [3.05, 3.63) is 23.2 Å². The van der Waals surface area contributed by atoms with Gasteiger partial charge < -0.3 is 5.32 Å². The van der Waals surface area contributed by atoms with Crippen LogP contribution < -0.4 is 5.32 Å². The molecule has 0 saturated heterocycles. The molecule has 1 aliphatic heterocycles. The first kappa shape index (κ1) is 8.08. The van der Waals surface area contributed by atoms with Gasteiger partial charge >= 0.3 is 0 Å². The van der Waals surface area contributed by atoms with E-state index in [-0.39, 0.29) is 0 Å². The molecule has 0 amide bonds. The van der Waals surface area contributed by atoms with Crippen molar-refractivity contribution in [2.75, 3.05) is 17.6 Å². The third kappa shape index (κ3) is 1.23. The van der Waals surface area contributed by atoms with Gasteiger partial charge in [-0.25, -0.2) is 0 Å². The Morgan fingerprint density at radius 2 is 2.33 bits per heavy atom. The van der Waals surface area contributed by atoms with Crippen LogP contribution in [-0.2, 0) is 10.8 Å². The number of anilines is 1. The van der Waals surface area contributed by atoms with E-state index < -0.39 is 10.8 Å². The van der Waals surface area contributed by atoms with E-state index in [4.69, 9.17) is 11.6 Å². The largest absolute Gasteiger partial charge is 0.382 e. The Morgan fingerprint density at radius 3 is 3.08 bits per heavy atom. The summed E-state index contributed by atoms with van der Waals surface area (Å²) in [7, 11) is -0.872. The highest BCUT2D eigenvalue weighted by Crippen LogP contribution is 2.30. The van der Waals surface area contributed by atoms with Gasteiger partial charge in [0.25, 0.3) is 0 Å². The number of fused-ring (bicyclic) bond motifs is 1. The number of benzene rings is 1. The van der Waals surface area contributed by atoms with Gasteiger partial charge in [0.1, 0.15) is 0 Å². The van der Waals surface area contributed by atoms with Gasteiger partial charge in [-0.15, -0.1) is 0 Å². The van der Waals surface area contributed by atoms with Crippen molar-refractivity contribution in [2.24, 2.45) is 0 Å². The molecule has 1 aromatic carbocycles. The molecule has 0 aromatic heterocycles. The number of nitrogens with one attached hydrogen (secondary N) is 1. The molecule has 1 aliphatic rings. The van der Waals surface area contributed by atoms with Crippen LogP contribution in [0.3, 0.4) is 0 Å². The van der Waals surface area contributed by atoms with Crippen LogP contribution in [0.4, 0.5) is 5.69 Å². The molecule has 64 valence electrons. The van der Waals surface area contributed by atoms with E-state index in [1.54, 1.807) is 6.07 Å². The van der Waals surface area contributed by atoms with Gasteiger partial charge in [-0.3, -0.25) is 4.21 Å². The normalized spacial score (nSPS) is 21.2. The Balaban J connectivity index is 2.59. The fourth-order valence-electron chi connectivity index (χ4n) is 1.24. The fourth-order valence-corrected chi connectivity index (χ4v) is 2.69. The molecule has 4 heteroatoms. The van der Waals surface area contributed by atoms with Crippen molar-refractivity contribution in [1.29, 1.82) is 0 Å². The van der Waals surface area contributed by atoms with Gasteiger partial charge in [-0.1, -0.05) is 17.7 Å². The SMILES string of the molecule is O=S1CCNc2c(Cl)cccc21. The zero-order valence-corrected chi connectivity index (χ0v) is 7.91. The van der Waals surface area contributed by atoms with Gasteiger partial charge in [0.05, 0.1) is 26.4 Å². The second kappa shape index (κ2) is 3.07. The van der Waals surface area contributed by atoms with Gasteiger partial charge in [0.2, 0.25) is 0 Å². The second-order valence-corrected chi connectivity index (χ2v) is 4.54. The zero-order chi connectivity index (χ0) is 8.55. The van der Waals surface area contributed by atoms with Gasteiger partial charge in [0, 0.05) is 12.3 Å². The molecular formula is C8H8ClNOS. The smallest absolute Gasteiger partial charge is 0.0693 e. The minimum atomic E-state index is -0.872. The molecule has 1 aromatic rings. The molecule has 12 heavy (non-hydrogen) atoms. The predicted molar refractivity (Wildman–Crippen MR) is 51.2 cm³/mol. The van der Waals surface area contributed by atoms with E-state index in [1.807, 2.05) is 12.1 Å². The zero-order valence-electron chi connectivity index (χ0n) is 6.34. The summed E-state index contributed by atoms with van der Waals surface area (Å²) in [6, 6.07) is 5.48. The van der Waals surface area contributed by atoms with E-state index in [0.29, 0.717) is 10.8 Å². The van der Waals surface area contributed by atoms with E-state index in [0.717, 1.165) is 17.1 Å². The average Bonchev–Trinajstić information content (AvgIpc) is 2.07. The third-order valence-corrected chi connectivity index (χ3v) is 3.53. The molecule has 0 radical (unpaired) electrons. The third-order valence-electron chi connectivity index (χ3n) is 1.81. The maximum atomic E-state index is 11.5. The lowest BCUT2D eigenvalue weighted by Gasteiger charge is -2.17. The lowest BCUT2D eigenvalue weighted by molar-refractivity contribution is 0.682. The summed E-state index contributed by atoms with van der Waals surface area (Å²) in [6.07, 6.45) is 0. The van der Waals surface area contributed by atoms with Crippen molar-refractivity contribution in [1.82, 2.24) is 0 Å². The van der Waals surface area contributed by atoms with Crippen molar-refractivity contribution in [3.8, 4) is 0 Å². The minimum absolute atomic E-state index is 0.653. The van der Waals surface area contributed by atoms with Crippen LogP contribution >= 0.6 is 11.6 Å². The molecule has 2 nitrogen and oxygen atoms in total. The Hall–Kier alpha value is -0.540. The molecule has 0 aliphatic carbocycles. The van der Waals surface area contributed by atoms with Crippen molar-refractivity contribution < 1.29 is 4.21 Å². The molecule has 0 spiro atoms. The Bertz CT molecular complexity index is 340. The first-order chi connectivity index (χ1) is 5.79. The van der Waals surface area contributed by atoms with E-state index >= 15 is 0 Å². The number of halogens is 1. The summed E-state index contributed by atoms with van der Waals surface area (Å²) >= 11 is 5.91. The molecule has 0 bridgehead atoms. The van der Waals surface area contributed by atoms with E-state index in [9.17, 15) is 4.21 Å². The van der Waals surface area contributed by atoms with Crippen molar-refractivity contribution in [3.63, 3.8) is 0 Å². The molecule has 0 fully saturated rings. The van der Waals surface area contributed by atoms with Crippen LogP contribution in [-0.4, -0.2) is 16.5 Å². The lowest BCUT2D eigenvalue weighted by atomic mass is 10.3. The highest BCUT2D eigenvalue weighted by molar-refractivity contribution is 7.85. The highest BCUT2D eigenvalue weighted by atomic mass is 35.5. The monoisotopic (exact) mass is 201 g/mol. The maximum absolute atomic E-state index is 11.5. The number of hydrogen-bond acceptors (Lipinski definition) is 2. The molecule has 1 heterocycles. The Labute approximate surface area is 78.4 Å². The van der Waals surface area contributed by atoms with Crippen molar-refractivity contribution >= 4 is 28.1 Å². The average molecular weight is 202 g/mol. The lowest BCUT2D eigenvalue weighted by Crippen LogP contribution is -2.18. The summed E-state index contributed by atoms with van der Waals surface area (Å²) < 4.78 is 11.5. The molecule has 2 rings (SSSR count). The summed E-state index contributed by atoms with van der Waals surface area (Å²) in [5, 5.41) is 3.79. The van der Waals surface area contributed by atoms with Crippen molar-refractivity contribution in [2.45, 2.75) is 4.90 Å². The predicted octanol–water partition coefficient (Wildman–Crippen LogP) is 1.87. The topological polar surface area (TPSA) is 29.1 Å². The summed E-state index contributed by atoms with van der Waals surface area (Å²) in [4.78, 5) is 0.828. The van der Waals surface area contributed by atoms with Crippen LogP contribution in [0, 0.1) is 0 Å². The molecule has 1 unspecified atom stereocenters. The van der Waals surface area contributed by atoms with Crippen LogP contribution in [0.25, 0.3) is 0 Å². The number of hydrogen-bond donors (Lipinski definition) is 1. The van der Waals surface area contributed by atoms with E-state index in [2.05, 4.69) is 5.32 Å². The van der Waals surface area contributed by atoms with Crippen LogP contribution in [0.1, 0.15) is 0 Å². The Morgan fingerprint density at radius 1 is 1.50 bits per heavy atom. The minimum Gasteiger partial charge on any atom is -0.382 e. The van der Waals surface area contributed by atoms with Crippen LogP contribution in [0.5, 0.6) is 0 Å². The standard InChI is InChI=1S/C8H8ClNOS/c9-6-2-1-3-7-8(6)10-4-5-12(7)11/h1-3,10H,4-5H2. The van der Waals surface area contributed by atoms with Crippen LogP contribution in [0.2, 0.25) is 5.02 Å². The second-order valence-electron chi connectivity index (χ2n) is 2.59. The van der Waals surface area contributed by atoms with Crippen LogP contribution in [0.15, 0.2) is 23.1 Å². The van der Waals surface area contributed by atoms with Gasteiger partial charge in [-0.05, 0) is 12.1 Å². The summed E-state index contributed by atoms with van der Waals surface area (Å²) in [5.41, 5.74) is 0.837. The van der Waals surface area contributed by atoms with Gasteiger partial charge in [-0.2, -0.15) is 0 Å². The maximum Gasteiger partial charge on any atom is 0.0693 e. The fraction of sp³-hybridized carbons (Fsp3) is 0.250. The van der Waals surface area contributed by atoms with Gasteiger partial charge in [0.15, 0.2) is 0 Å².